The van der Waals surface area contributed by atoms with Gasteiger partial charge in [0.2, 0.25) is 0 Å². The molecule has 0 aliphatic rings. The van der Waals surface area contributed by atoms with Crippen molar-refractivity contribution in [1.82, 2.24) is 4.98 Å². The van der Waals surface area contributed by atoms with E-state index in [1.165, 1.54) is 0 Å². The largest absolute Gasteiger partial charge is 0.321 e. The maximum Gasteiger partial charge on any atom is 0.0405 e. The van der Waals surface area contributed by atoms with Crippen molar-refractivity contribution in [1.29, 1.82) is 0 Å². The summed E-state index contributed by atoms with van der Waals surface area (Å²) in [5.74, 6) is 0.430. The first kappa shape index (κ1) is 9.20. The SMILES string of the molecule is CC(C)[C@@](C)(N)c1ccncc1. The molecule has 0 saturated heterocycles. The molecule has 0 aliphatic carbocycles. The van der Waals surface area contributed by atoms with Crippen LogP contribution in [0.15, 0.2) is 24.5 Å². The maximum atomic E-state index is 6.15. The van der Waals surface area contributed by atoms with E-state index in [9.17, 15) is 0 Å². The minimum Gasteiger partial charge on any atom is -0.321 e. The summed E-state index contributed by atoms with van der Waals surface area (Å²) in [7, 11) is 0. The van der Waals surface area contributed by atoms with Gasteiger partial charge < -0.3 is 5.73 Å². The quantitative estimate of drug-likeness (QED) is 0.725. The molecule has 0 aliphatic heterocycles. The van der Waals surface area contributed by atoms with Crippen molar-refractivity contribution in [2.45, 2.75) is 26.3 Å². The summed E-state index contributed by atoms with van der Waals surface area (Å²) >= 11 is 0. The Kier molecular flexibility index (Phi) is 2.48. The zero-order valence-electron chi connectivity index (χ0n) is 7.91. The fraction of sp³-hybridized carbons (Fsp3) is 0.500. The second kappa shape index (κ2) is 3.23. The molecule has 0 aromatic carbocycles. The summed E-state index contributed by atoms with van der Waals surface area (Å²) in [6.07, 6.45) is 3.56. The zero-order valence-corrected chi connectivity index (χ0v) is 7.91. The van der Waals surface area contributed by atoms with E-state index in [4.69, 9.17) is 5.73 Å². The molecule has 0 radical (unpaired) electrons. The fourth-order valence-electron chi connectivity index (χ4n) is 1.04. The van der Waals surface area contributed by atoms with Crippen LogP contribution in [-0.4, -0.2) is 4.98 Å². The van der Waals surface area contributed by atoms with E-state index in [1.807, 2.05) is 19.1 Å². The molecule has 12 heavy (non-hydrogen) atoms. The molecule has 0 spiro atoms. The van der Waals surface area contributed by atoms with E-state index in [0.717, 1.165) is 5.56 Å². The Balaban J connectivity index is 2.98. The van der Waals surface area contributed by atoms with Gasteiger partial charge in [0.15, 0.2) is 0 Å². The molecule has 0 bridgehead atoms. The second-order valence-corrected chi connectivity index (χ2v) is 3.67. The van der Waals surface area contributed by atoms with Crippen LogP contribution in [0.1, 0.15) is 26.3 Å². The van der Waals surface area contributed by atoms with E-state index in [0.29, 0.717) is 5.92 Å². The average Bonchev–Trinajstić information content (AvgIpc) is 2.06. The van der Waals surface area contributed by atoms with Gasteiger partial charge in [-0.25, -0.2) is 0 Å². The summed E-state index contributed by atoms with van der Waals surface area (Å²) in [5.41, 5.74) is 7.05. The van der Waals surface area contributed by atoms with Crippen LogP contribution in [0.4, 0.5) is 0 Å². The highest BCUT2D eigenvalue weighted by Crippen LogP contribution is 2.24. The Morgan fingerprint density at radius 3 is 2.25 bits per heavy atom. The molecule has 1 atom stereocenters. The minimum atomic E-state index is -0.247. The first-order valence-corrected chi connectivity index (χ1v) is 4.24. The first-order valence-electron chi connectivity index (χ1n) is 4.24. The molecule has 0 saturated carbocycles. The fourth-order valence-corrected chi connectivity index (χ4v) is 1.04. The molecule has 2 N–H and O–H groups in total. The summed E-state index contributed by atoms with van der Waals surface area (Å²) in [6.45, 7) is 6.30. The van der Waals surface area contributed by atoms with E-state index < -0.39 is 0 Å². The predicted molar refractivity (Wildman–Crippen MR) is 50.6 cm³/mol. The van der Waals surface area contributed by atoms with Crippen LogP contribution in [0.5, 0.6) is 0 Å². The van der Waals surface area contributed by atoms with Gasteiger partial charge >= 0.3 is 0 Å². The number of hydrogen-bond acceptors (Lipinski definition) is 2. The lowest BCUT2D eigenvalue weighted by Crippen LogP contribution is -2.38. The van der Waals surface area contributed by atoms with Crippen molar-refractivity contribution in [3.8, 4) is 0 Å². The van der Waals surface area contributed by atoms with Gasteiger partial charge in [-0.3, -0.25) is 4.98 Å². The highest BCUT2D eigenvalue weighted by Gasteiger charge is 2.24. The van der Waals surface area contributed by atoms with Gasteiger partial charge in [-0.1, -0.05) is 13.8 Å². The van der Waals surface area contributed by atoms with Crippen LogP contribution >= 0.6 is 0 Å². The molecule has 66 valence electrons. The molecule has 2 heteroatoms. The predicted octanol–water partition coefficient (Wildman–Crippen LogP) is 1.91. The third-order valence-corrected chi connectivity index (χ3v) is 2.50. The highest BCUT2D eigenvalue weighted by atomic mass is 14.7. The molecular formula is C10H16N2. The molecule has 1 aromatic heterocycles. The molecule has 2 nitrogen and oxygen atoms in total. The molecule has 0 amide bonds. The Hall–Kier alpha value is -0.890. The van der Waals surface area contributed by atoms with Crippen LogP contribution in [0.2, 0.25) is 0 Å². The van der Waals surface area contributed by atoms with Crippen molar-refractivity contribution in [2.24, 2.45) is 11.7 Å². The van der Waals surface area contributed by atoms with Crippen LogP contribution in [-0.2, 0) is 5.54 Å². The number of aromatic nitrogens is 1. The normalized spacial score (nSPS) is 16.1. The van der Waals surface area contributed by atoms with Gasteiger partial charge in [-0.2, -0.15) is 0 Å². The summed E-state index contributed by atoms with van der Waals surface area (Å²) < 4.78 is 0. The number of rotatable bonds is 2. The van der Waals surface area contributed by atoms with E-state index in [-0.39, 0.29) is 5.54 Å². The van der Waals surface area contributed by atoms with Gasteiger partial charge in [0.1, 0.15) is 0 Å². The third-order valence-electron chi connectivity index (χ3n) is 2.50. The number of pyridine rings is 1. The van der Waals surface area contributed by atoms with Gasteiger partial charge in [-0.15, -0.1) is 0 Å². The summed E-state index contributed by atoms with van der Waals surface area (Å²) in [6, 6.07) is 3.94. The number of hydrogen-bond donors (Lipinski definition) is 1. The molecule has 1 heterocycles. The topological polar surface area (TPSA) is 38.9 Å². The average molecular weight is 164 g/mol. The Morgan fingerprint density at radius 2 is 1.83 bits per heavy atom. The van der Waals surface area contributed by atoms with Gasteiger partial charge in [-0.05, 0) is 30.5 Å². The lowest BCUT2D eigenvalue weighted by molar-refractivity contribution is 0.350. The van der Waals surface area contributed by atoms with Crippen LogP contribution in [0, 0.1) is 5.92 Å². The minimum absolute atomic E-state index is 0.247. The standard InChI is InChI=1S/C10H16N2/c1-8(2)10(3,11)9-4-6-12-7-5-9/h4-8H,11H2,1-3H3/t10-/m1/s1. The molecule has 0 unspecified atom stereocenters. The van der Waals surface area contributed by atoms with Crippen LogP contribution in [0.25, 0.3) is 0 Å². The number of nitrogens with zero attached hydrogens (tertiary/aromatic N) is 1. The van der Waals surface area contributed by atoms with Crippen molar-refractivity contribution in [3.05, 3.63) is 30.1 Å². The molecule has 1 rings (SSSR count). The van der Waals surface area contributed by atoms with Gasteiger partial charge in [0, 0.05) is 17.9 Å². The van der Waals surface area contributed by atoms with Gasteiger partial charge in [0.05, 0.1) is 0 Å². The maximum absolute atomic E-state index is 6.15. The number of nitrogens with two attached hydrogens (primary N) is 1. The lowest BCUT2D eigenvalue weighted by atomic mass is 9.83. The third kappa shape index (κ3) is 1.64. The van der Waals surface area contributed by atoms with Crippen molar-refractivity contribution < 1.29 is 0 Å². The van der Waals surface area contributed by atoms with Crippen molar-refractivity contribution in [2.75, 3.05) is 0 Å². The molecule has 0 fully saturated rings. The first-order chi connectivity index (χ1) is 5.55. The Bertz CT molecular complexity index is 239. The highest BCUT2D eigenvalue weighted by molar-refractivity contribution is 5.20. The monoisotopic (exact) mass is 164 g/mol. The smallest absolute Gasteiger partial charge is 0.0405 e. The Morgan fingerprint density at radius 1 is 1.33 bits per heavy atom. The van der Waals surface area contributed by atoms with Crippen LogP contribution < -0.4 is 5.73 Å². The van der Waals surface area contributed by atoms with E-state index in [1.54, 1.807) is 12.4 Å². The van der Waals surface area contributed by atoms with Crippen molar-refractivity contribution in [3.63, 3.8) is 0 Å². The van der Waals surface area contributed by atoms with E-state index in [2.05, 4.69) is 18.8 Å². The Labute approximate surface area is 73.8 Å². The van der Waals surface area contributed by atoms with E-state index >= 15 is 0 Å². The lowest BCUT2D eigenvalue weighted by Gasteiger charge is -2.29. The molecular weight excluding hydrogens is 148 g/mol. The van der Waals surface area contributed by atoms with Crippen molar-refractivity contribution >= 4 is 0 Å². The summed E-state index contributed by atoms with van der Waals surface area (Å²) in [4.78, 5) is 3.96. The van der Waals surface area contributed by atoms with Crippen LogP contribution in [0.3, 0.4) is 0 Å². The zero-order chi connectivity index (χ0) is 9.19. The second-order valence-electron chi connectivity index (χ2n) is 3.67. The summed E-state index contributed by atoms with van der Waals surface area (Å²) in [5, 5.41) is 0. The molecule has 1 aromatic rings. The van der Waals surface area contributed by atoms with Gasteiger partial charge in [0.25, 0.3) is 0 Å².